The first kappa shape index (κ1) is 21.2. The quantitative estimate of drug-likeness (QED) is 0.595. The van der Waals surface area contributed by atoms with Gasteiger partial charge in [0, 0.05) is 20.1 Å². The number of carbonyl (C=O) groups is 2. The molecule has 1 aliphatic rings. The van der Waals surface area contributed by atoms with Crippen molar-refractivity contribution in [2.45, 2.75) is 32.8 Å². The van der Waals surface area contributed by atoms with Gasteiger partial charge >= 0.3 is 0 Å². The second-order valence-electron chi connectivity index (χ2n) is 6.85. The predicted octanol–water partition coefficient (Wildman–Crippen LogP) is 2.19. The largest absolute Gasteiger partial charge is 0.492 e. The Bertz CT molecular complexity index is 824. The molecule has 9 heteroatoms. The number of nitrogens with one attached hydrogen (secondary N) is 1. The zero-order valence-corrected chi connectivity index (χ0v) is 17.5. The third kappa shape index (κ3) is 5.74. The van der Waals surface area contributed by atoms with E-state index in [1.54, 1.807) is 7.11 Å². The first-order chi connectivity index (χ1) is 14.1. The van der Waals surface area contributed by atoms with Gasteiger partial charge < -0.3 is 14.8 Å². The molecule has 1 aliphatic heterocycles. The molecule has 8 nitrogen and oxygen atoms in total. The zero-order chi connectivity index (χ0) is 20.6. The number of hydrogen-bond donors (Lipinski definition) is 1. The molecule has 1 fully saturated rings. The van der Waals surface area contributed by atoms with Crippen LogP contribution in [0, 0.1) is 5.92 Å². The normalized spacial score (nSPS) is 16.3. The highest BCUT2D eigenvalue weighted by Crippen LogP contribution is 2.28. The Morgan fingerprint density at radius 1 is 1.31 bits per heavy atom. The topological polar surface area (TPSA) is 93.7 Å². The van der Waals surface area contributed by atoms with Gasteiger partial charge in [-0.3, -0.25) is 14.5 Å². The van der Waals surface area contributed by atoms with E-state index in [1.165, 1.54) is 21.8 Å². The number of carbonyl (C=O) groups excluding carboxylic acids is 2. The smallest absolute Gasteiger partial charge is 0.229 e. The van der Waals surface area contributed by atoms with Crippen LogP contribution in [0.3, 0.4) is 0 Å². The molecule has 0 bridgehead atoms. The number of benzene rings is 1. The van der Waals surface area contributed by atoms with Crippen molar-refractivity contribution in [3.05, 3.63) is 34.8 Å². The van der Waals surface area contributed by atoms with E-state index in [1.807, 2.05) is 12.1 Å². The lowest BCUT2D eigenvalue weighted by Crippen LogP contribution is -2.35. The number of hydrogen-bond acceptors (Lipinski definition) is 7. The number of methoxy groups -OCH3 is 1. The van der Waals surface area contributed by atoms with E-state index in [0.717, 1.165) is 18.6 Å². The van der Waals surface area contributed by atoms with Crippen LogP contribution in [0.4, 0.5) is 5.13 Å². The van der Waals surface area contributed by atoms with E-state index >= 15 is 0 Å². The Morgan fingerprint density at radius 3 is 2.83 bits per heavy atom. The molecule has 3 rings (SSSR count). The van der Waals surface area contributed by atoms with Crippen LogP contribution in [-0.2, 0) is 27.4 Å². The van der Waals surface area contributed by atoms with Crippen molar-refractivity contribution >= 4 is 28.3 Å². The summed E-state index contributed by atoms with van der Waals surface area (Å²) in [6.07, 6.45) is 2.34. The molecule has 1 unspecified atom stereocenters. The summed E-state index contributed by atoms with van der Waals surface area (Å²) >= 11 is 1.30. The van der Waals surface area contributed by atoms with Gasteiger partial charge in [-0.1, -0.05) is 36.8 Å². The van der Waals surface area contributed by atoms with Crippen LogP contribution >= 0.6 is 11.3 Å². The van der Waals surface area contributed by atoms with Crippen LogP contribution in [0.15, 0.2) is 24.3 Å². The van der Waals surface area contributed by atoms with Crippen LogP contribution in [0.2, 0.25) is 0 Å². The SMILES string of the molecule is CCCc1ccc(OCCNC(=O)C2CC(=O)N(c3nnc(COC)s3)C2)cc1. The van der Waals surface area contributed by atoms with E-state index in [0.29, 0.717) is 36.4 Å². The summed E-state index contributed by atoms with van der Waals surface area (Å²) in [5.41, 5.74) is 1.29. The van der Waals surface area contributed by atoms with E-state index in [-0.39, 0.29) is 18.2 Å². The van der Waals surface area contributed by atoms with Gasteiger partial charge in [-0.05, 0) is 24.1 Å². The highest BCUT2D eigenvalue weighted by atomic mass is 32.1. The fourth-order valence-electron chi connectivity index (χ4n) is 3.13. The predicted molar refractivity (Wildman–Crippen MR) is 110 cm³/mol. The first-order valence-corrected chi connectivity index (χ1v) is 10.5. The number of nitrogens with zero attached hydrogens (tertiary/aromatic N) is 3. The van der Waals surface area contributed by atoms with Crippen molar-refractivity contribution in [2.24, 2.45) is 5.92 Å². The molecular weight excluding hydrogens is 392 g/mol. The van der Waals surface area contributed by atoms with Crippen LogP contribution < -0.4 is 15.0 Å². The highest BCUT2D eigenvalue weighted by molar-refractivity contribution is 7.15. The zero-order valence-electron chi connectivity index (χ0n) is 16.7. The molecule has 156 valence electrons. The van der Waals surface area contributed by atoms with E-state index in [4.69, 9.17) is 9.47 Å². The molecule has 1 saturated heterocycles. The van der Waals surface area contributed by atoms with Crippen LogP contribution in [-0.4, -0.2) is 48.8 Å². The molecule has 0 radical (unpaired) electrons. The van der Waals surface area contributed by atoms with Crippen molar-refractivity contribution in [3.8, 4) is 5.75 Å². The molecular formula is C20H26N4O4S. The van der Waals surface area contributed by atoms with Crippen molar-refractivity contribution in [1.29, 1.82) is 0 Å². The second-order valence-corrected chi connectivity index (χ2v) is 7.89. The summed E-state index contributed by atoms with van der Waals surface area (Å²) < 4.78 is 10.7. The molecule has 1 aromatic heterocycles. The summed E-state index contributed by atoms with van der Waals surface area (Å²) in [6, 6.07) is 8.00. The Balaban J connectivity index is 1.42. The maximum atomic E-state index is 12.4. The van der Waals surface area contributed by atoms with Crippen molar-refractivity contribution in [2.75, 3.05) is 31.7 Å². The fraction of sp³-hybridized carbons (Fsp3) is 0.500. The average Bonchev–Trinajstić information content (AvgIpc) is 3.33. The lowest BCUT2D eigenvalue weighted by molar-refractivity contribution is -0.126. The number of amides is 2. The maximum absolute atomic E-state index is 12.4. The minimum Gasteiger partial charge on any atom is -0.492 e. The van der Waals surface area contributed by atoms with E-state index < -0.39 is 5.92 Å². The Hall–Kier alpha value is -2.52. The summed E-state index contributed by atoms with van der Waals surface area (Å²) in [5, 5.41) is 12.1. The minimum atomic E-state index is -0.398. The van der Waals surface area contributed by atoms with Gasteiger partial charge in [-0.25, -0.2) is 0 Å². The number of rotatable bonds is 10. The number of aromatic nitrogens is 2. The number of anilines is 1. The molecule has 2 aromatic rings. The lowest BCUT2D eigenvalue weighted by Gasteiger charge is -2.13. The standard InChI is InChI=1S/C20H26N4O4S/c1-3-4-14-5-7-16(8-6-14)28-10-9-21-19(26)15-11-18(25)24(12-15)20-23-22-17(29-20)13-27-2/h5-8,15H,3-4,9-13H2,1-2H3,(H,21,26). The summed E-state index contributed by atoms with van der Waals surface area (Å²) in [5.74, 6) is 0.119. The number of aryl methyl sites for hydroxylation is 1. The van der Waals surface area contributed by atoms with Crippen LogP contribution in [0.25, 0.3) is 0 Å². The van der Waals surface area contributed by atoms with E-state index in [9.17, 15) is 9.59 Å². The van der Waals surface area contributed by atoms with Gasteiger partial charge in [0.1, 0.15) is 24.0 Å². The number of ether oxygens (including phenoxy) is 2. The van der Waals surface area contributed by atoms with Crippen molar-refractivity contribution in [1.82, 2.24) is 15.5 Å². The molecule has 1 aromatic carbocycles. The van der Waals surface area contributed by atoms with Crippen molar-refractivity contribution < 1.29 is 19.1 Å². The van der Waals surface area contributed by atoms with Gasteiger partial charge in [0.15, 0.2) is 0 Å². The summed E-state index contributed by atoms with van der Waals surface area (Å²) in [6.45, 7) is 3.57. The van der Waals surface area contributed by atoms with Crippen LogP contribution in [0.5, 0.6) is 5.75 Å². The second kappa shape index (κ2) is 10.3. The molecule has 1 N–H and O–H groups in total. The van der Waals surface area contributed by atoms with Gasteiger partial charge in [-0.2, -0.15) is 0 Å². The van der Waals surface area contributed by atoms with Gasteiger partial charge in [-0.15, -0.1) is 10.2 Å². The molecule has 0 saturated carbocycles. The Kier molecular flexibility index (Phi) is 7.54. The molecule has 1 atom stereocenters. The molecule has 0 aliphatic carbocycles. The highest BCUT2D eigenvalue weighted by Gasteiger charge is 2.36. The third-order valence-electron chi connectivity index (χ3n) is 4.58. The average molecular weight is 419 g/mol. The van der Waals surface area contributed by atoms with Crippen molar-refractivity contribution in [3.63, 3.8) is 0 Å². The molecule has 0 spiro atoms. The Labute approximate surface area is 174 Å². The molecule has 2 heterocycles. The minimum absolute atomic E-state index is 0.117. The van der Waals surface area contributed by atoms with Gasteiger partial charge in [0.25, 0.3) is 0 Å². The monoisotopic (exact) mass is 418 g/mol. The first-order valence-electron chi connectivity index (χ1n) is 9.71. The molecule has 2 amide bonds. The van der Waals surface area contributed by atoms with Gasteiger partial charge in [0.05, 0.1) is 12.5 Å². The lowest BCUT2D eigenvalue weighted by atomic mass is 10.1. The maximum Gasteiger partial charge on any atom is 0.229 e. The van der Waals surface area contributed by atoms with Gasteiger partial charge in [0.2, 0.25) is 16.9 Å². The van der Waals surface area contributed by atoms with E-state index in [2.05, 4.69) is 34.6 Å². The summed E-state index contributed by atoms with van der Waals surface area (Å²) in [4.78, 5) is 26.2. The molecule has 29 heavy (non-hydrogen) atoms. The van der Waals surface area contributed by atoms with Crippen LogP contribution in [0.1, 0.15) is 30.3 Å². The third-order valence-corrected chi connectivity index (χ3v) is 5.50. The fourth-order valence-corrected chi connectivity index (χ4v) is 3.97. The summed E-state index contributed by atoms with van der Waals surface area (Å²) in [7, 11) is 1.58. The Morgan fingerprint density at radius 2 is 2.10 bits per heavy atom.